The smallest absolute Gasteiger partial charge is 0.340 e. The van der Waals surface area contributed by atoms with Crippen molar-refractivity contribution in [3.05, 3.63) is 105 Å². The number of benzene rings is 3. The van der Waals surface area contributed by atoms with Crippen LogP contribution in [0.15, 0.2) is 86.9 Å². The van der Waals surface area contributed by atoms with Gasteiger partial charge in [-0.1, -0.05) is 59.6 Å². The minimum Gasteiger partial charge on any atom is -0.425 e. The molecule has 1 heterocycles. The first-order valence-corrected chi connectivity index (χ1v) is 12.1. The molecule has 1 aromatic heterocycles. The fraction of sp³-hybridized carbons (Fsp3) is 0.120. The zero-order valence-electron chi connectivity index (χ0n) is 18.2. The maximum Gasteiger partial charge on any atom is 0.340 e. The molecule has 0 aliphatic rings. The SMILES string of the molecule is Cc1ccc(C(NS(=O)(=O)c2ccccc2)C(=O)Oc2ccc3c(Cl)c(C)c(=O)oc3c2)cc1. The normalized spacial score (nSPS) is 12.4. The Morgan fingerprint density at radius 2 is 1.68 bits per heavy atom. The average molecular weight is 498 g/mol. The van der Waals surface area contributed by atoms with Gasteiger partial charge in [-0.3, -0.25) is 0 Å². The van der Waals surface area contributed by atoms with Gasteiger partial charge in [0.15, 0.2) is 0 Å². The highest BCUT2D eigenvalue weighted by Gasteiger charge is 2.29. The number of esters is 1. The predicted molar refractivity (Wildman–Crippen MR) is 129 cm³/mol. The lowest BCUT2D eigenvalue weighted by Crippen LogP contribution is -2.36. The van der Waals surface area contributed by atoms with Gasteiger partial charge in [-0.15, -0.1) is 0 Å². The summed E-state index contributed by atoms with van der Waals surface area (Å²) in [5.41, 5.74) is 1.16. The van der Waals surface area contributed by atoms with Crippen molar-refractivity contribution >= 4 is 38.6 Å². The Hall–Kier alpha value is -3.46. The van der Waals surface area contributed by atoms with Crippen LogP contribution in [-0.4, -0.2) is 14.4 Å². The van der Waals surface area contributed by atoms with E-state index in [0.717, 1.165) is 5.56 Å². The van der Waals surface area contributed by atoms with Gasteiger partial charge >= 0.3 is 11.6 Å². The molecule has 4 rings (SSSR count). The van der Waals surface area contributed by atoms with Crippen molar-refractivity contribution in [2.45, 2.75) is 24.8 Å². The molecule has 0 radical (unpaired) electrons. The number of halogens is 1. The summed E-state index contributed by atoms with van der Waals surface area (Å²) in [6.07, 6.45) is 0. The van der Waals surface area contributed by atoms with Crippen molar-refractivity contribution in [1.29, 1.82) is 0 Å². The number of rotatable bonds is 6. The molecule has 0 amide bonds. The van der Waals surface area contributed by atoms with Gasteiger partial charge in [0.05, 0.1) is 15.5 Å². The predicted octanol–water partition coefficient (Wildman–Crippen LogP) is 4.69. The molecule has 0 bridgehead atoms. The molecule has 174 valence electrons. The van der Waals surface area contributed by atoms with Crippen LogP contribution in [0.1, 0.15) is 22.7 Å². The van der Waals surface area contributed by atoms with Gasteiger partial charge in [0.2, 0.25) is 10.0 Å². The average Bonchev–Trinajstić information content (AvgIpc) is 2.82. The molecule has 4 aromatic rings. The molecule has 0 saturated carbocycles. The van der Waals surface area contributed by atoms with E-state index in [1.54, 1.807) is 55.5 Å². The molecule has 3 aromatic carbocycles. The first kappa shape index (κ1) is 23.7. The van der Waals surface area contributed by atoms with Gasteiger partial charge in [-0.05, 0) is 43.7 Å². The number of fused-ring (bicyclic) bond motifs is 1. The minimum absolute atomic E-state index is 0.0115. The Labute approximate surface area is 201 Å². The fourth-order valence-electron chi connectivity index (χ4n) is 3.31. The van der Waals surface area contributed by atoms with E-state index in [0.29, 0.717) is 10.9 Å². The lowest BCUT2D eigenvalue weighted by molar-refractivity contribution is -0.136. The van der Waals surface area contributed by atoms with Crippen LogP contribution >= 0.6 is 11.6 Å². The highest BCUT2D eigenvalue weighted by Crippen LogP contribution is 2.29. The number of sulfonamides is 1. The molecule has 0 fully saturated rings. The van der Waals surface area contributed by atoms with E-state index in [1.165, 1.54) is 24.3 Å². The second-order valence-corrected chi connectivity index (χ2v) is 9.78. The van der Waals surface area contributed by atoms with Crippen LogP contribution in [-0.2, 0) is 14.8 Å². The van der Waals surface area contributed by atoms with Crippen LogP contribution in [0.25, 0.3) is 11.0 Å². The van der Waals surface area contributed by atoms with Gasteiger partial charge < -0.3 is 9.15 Å². The zero-order chi connectivity index (χ0) is 24.5. The lowest BCUT2D eigenvalue weighted by atomic mass is 10.1. The highest BCUT2D eigenvalue weighted by molar-refractivity contribution is 7.89. The molecule has 7 nitrogen and oxygen atoms in total. The molecule has 1 N–H and O–H groups in total. The van der Waals surface area contributed by atoms with Gasteiger partial charge in [0, 0.05) is 11.5 Å². The van der Waals surface area contributed by atoms with Gasteiger partial charge in [0.25, 0.3) is 0 Å². The van der Waals surface area contributed by atoms with Crippen molar-refractivity contribution in [2.75, 3.05) is 0 Å². The summed E-state index contributed by atoms with van der Waals surface area (Å²) < 4.78 is 39.0. The quantitative estimate of drug-likeness (QED) is 0.235. The van der Waals surface area contributed by atoms with Crippen molar-refractivity contribution in [2.24, 2.45) is 0 Å². The standard InChI is InChI=1S/C25H20ClNO6S/c1-15-8-10-17(11-9-15)23(27-34(30,31)19-6-4-3-5-7-19)25(29)32-18-12-13-20-21(14-18)33-24(28)16(2)22(20)26/h3-14,23,27H,1-2H3. The Morgan fingerprint density at radius 1 is 1.00 bits per heavy atom. The van der Waals surface area contributed by atoms with Crippen LogP contribution < -0.4 is 15.1 Å². The fourth-order valence-corrected chi connectivity index (χ4v) is 4.74. The number of nitrogens with one attached hydrogen (secondary N) is 1. The van der Waals surface area contributed by atoms with Gasteiger partial charge in [-0.2, -0.15) is 4.72 Å². The van der Waals surface area contributed by atoms with Gasteiger partial charge in [-0.25, -0.2) is 18.0 Å². The Bertz CT molecular complexity index is 1530. The lowest BCUT2D eigenvalue weighted by Gasteiger charge is -2.18. The number of hydrogen-bond donors (Lipinski definition) is 1. The van der Waals surface area contributed by atoms with Crippen LogP contribution in [0.3, 0.4) is 0 Å². The molecule has 0 saturated heterocycles. The third-order valence-electron chi connectivity index (χ3n) is 5.22. The Morgan fingerprint density at radius 3 is 2.35 bits per heavy atom. The summed E-state index contributed by atoms with van der Waals surface area (Å²) in [6.45, 7) is 3.42. The van der Waals surface area contributed by atoms with Crippen molar-refractivity contribution in [3.8, 4) is 5.75 Å². The highest BCUT2D eigenvalue weighted by atomic mass is 35.5. The largest absolute Gasteiger partial charge is 0.425 e. The molecule has 34 heavy (non-hydrogen) atoms. The third-order valence-corrected chi connectivity index (χ3v) is 7.14. The molecule has 0 aliphatic heterocycles. The van der Waals surface area contributed by atoms with E-state index in [4.69, 9.17) is 20.8 Å². The molecular weight excluding hydrogens is 478 g/mol. The summed E-state index contributed by atoms with van der Waals surface area (Å²) >= 11 is 6.22. The maximum absolute atomic E-state index is 13.2. The summed E-state index contributed by atoms with van der Waals surface area (Å²) in [6, 6.07) is 17.6. The maximum atomic E-state index is 13.2. The number of carbonyl (C=O) groups excluding carboxylic acids is 1. The first-order valence-electron chi connectivity index (χ1n) is 10.2. The summed E-state index contributed by atoms with van der Waals surface area (Å²) in [5.74, 6) is -0.792. The molecule has 0 spiro atoms. The van der Waals surface area contributed by atoms with E-state index >= 15 is 0 Å². The monoisotopic (exact) mass is 497 g/mol. The van der Waals surface area contributed by atoms with E-state index < -0.39 is 27.7 Å². The van der Waals surface area contributed by atoms with E-state index in [1.807, 2.05) is 6.92 Å². The topological polar surface area (TPSA) is 103 Å². The zero-order valence-corrected chi connectivity index (χ0v) is 19.8. The molecule has 9 heteroatoms. The Balaban J connectivity index is 1.69. The summed E-state index contributed by atoms with van der Waals surface area (Å²) in [5, 5.41) is 0.732. The molecule has 1 atom stereocenters. The van der Waals surface area contributed by atoms with Crippen LogP contribution in [0.2, 0.25) is 5.02 Å². The summed E-state index contributed by atoms with van der Waals surface area (Å²) in [7, 11) is -4.03. The van der Waals surface area contributed by atoms with Crippen molar-refractivity contribution in [1.82, 2.24) is 4.72 Å². The van der Waals surface area contributed by atoms with Crippen LogP contribution in [0, 0.1) is 13.8 Å². The minimum atomic E-state index is -4.03. The molecule has 1 unspecified atom stereocenters. The second-order valence-electron chi connectivity index (χ2n) is 7.69. The van der Waals surface area contributed by atoms with Crippen LogP contribution in [0.5, 0.6) is 5.75 Å². The van der Waals surface area contributed by atoms with Crippen molar-refractivity contribution in [3.63, 3.8) is 0 Å². The number of ether oxygens (including phenoxy) is 1. The number of aryl methyl sites for hydroxylation is 1. The Kier molecular flexibility index (Phi) is 6.56. The number of hydrogen-bond acceptors (Lipinski definition) is 6. The number of carbonyl (C=O) groups is 1. The van der Waals surface area contributed by atoms with E-state index in [-0.39, 0.29) is 26.8 Å². The third kappa shape index (κ3) is 4.89. The molecular formula is C25H20ClNO6S. The van der Waals surface area contributed by atoms with Crippen LogP contribution in [0.4, 0.5) is 0 Å². The molecule has 0 aliphatic carbocycles. The van der Waals surface area contributed by atoms with E-state index in [2.05, 4.69) is 4.72 Å². The van der Waals surface area contributed by atoms with E-state index in [9.17, 15) is 18.0 Å². The van der Waals surface area contributed by atoms with Crippen molar-refractivity contribution < 1.29 is 22.4 Å². The van der Waals surface area contributed by atoms with Gasteiger partial charge in [0.1, 0.15) is 17.4 Å². The summed E-state index contributed by atoms with van der Waals surface area (Å²) in [4.78, 5) is 25.1. The first-order chi connectivity index (χ1) is 16.2. The second kappa shape index (κ2) is 9.42.